The Balaban J connectivity index is 1.05. The van der Waals surface area contributed by atoms with Crippen LogP contribution in [0.15, 0.2) is 120 Å². The van der Waals surface area contributed by atoms with E-state index in [-0.39, 0.29) is 31.6 Å². The second-order valence-corrected chi connectivity index (χ2v) is 13.4. The number of para-hydroxylation sites is 2. The predicted octanol–water partition coefficient (Wildman–Crippen LogP) is 6.24. The van der Waals surface area contributed by atoms with Crippen molar-refractivity contribution in [3.8, 4) is 5.75 Å². The summed E-state index contributed by atoms with van der Waals surface area (Å²) in [5.74, 6) is -0.712. The summed E-state index contributed by atoms with van der Waals surface area (Å²) >= 11 is 3.53. The summed E-state index contributed by atoms with van der Waals surface area (Å²) in [6.45, 7) is 2.51. The Morgan fingerprint density at radius 2 is 1.74 bits per heavy atom. The van der Waals surface area contributed by atoms with E-state index >= 15 is 0 Å². The third kappa shape index (κ3) is 6.24. The standard InChI is InChI=1S/C39H36BrN5O5/c1-26(9-7-8-20-43-23-33(41-42-43)31(24-46)28-10-3-2-4-11-28)39(49)32-21-29(40)16-19-34(32)44(38(39)48)22-27-14-17-30(18-15-27)45-35-12-5-6-13-36(35)50-25-37(45)47/h2-7,9-19,21,23,26,31,46,49H,8,20,22,24-25H2,1H3/b9-7+/t26-,31?,39+/m1/s1. The first-order valence-corrected chi connectivity index (χ1v) is 17.3. The van der Waals surface area contributed by atoms with E-state index in [1.54, 1.807) is 14.5 Å². The van der Waals surface area contributed by atoms with Crippen LogP contribution in [-0.2, 0) is 28.3 Å². The number of halogens is 1. The van der Waals surface area contributed by atoms with E-state index in [1.807, 2.05) is 122 Å². The maximum Gasteiger partial charge on any atom is 0.269 e. The Labute approximate surface area is 298 Å². The largest absolute Gasteiger partial charge is 0.482 e. The molecule has 0 aliphatic carbocycles. The quantitative estimate of drug-likeness (QED) is 0.154. The molecule has 11 heteroatoms. The summed E-state index contributed by atoms with van der Waals surface area (Å²) < 4.78 is 8.09. The normalized spacial score (nSPS) is 18.2. The first-order chi connectivity index (χ1) is 24.3. The number of nitrogens with zero attached hydrogens (tertiary/aromatic N) is 5. The highest BCUT2D eigenvalue weighted by molar-refractivity contribution is 9.10. The number of aryl methyl sites for hydroxylation is 1. The summed E-state index contributed by atoms with van der Waals surface area (Å²) in [6.07, 6.45) is 6.26. The lowest BCUT2D eigenvalue weighted by Gasteiger charge is -2.29. The smallest absolute Gasteiger partial charge is 0.269 e. The topological polar surface area (TPSA) is 121 Å². The second kappa shape index (κ2) is 14.0. The molecule has 254 valence electrons. The number of aliphatic hydroxyl groups excluding tert-OH is 1. The van der Waals surface area contributed by atoms with Crippen molar-refractivity contribution in [2.45, 2.75) is 38.0 Å². The number of aliphatic hydroxyl groups is 2. The second-order valence-electron chi connectivity index (χ2n) is 12.5. The fourth-order valence-electron chi connectivity index (χ4n) is 6.68. The van der Waals surface area contributed by atoms with Crippen LogP contribution in [0.1, 0.15) is 41.6 Å². The summed E-state index contributed by atoms with van der Waals surface area (Å²) in [4.78, 5) is 30.2. The van der Waals surface area contributed by atoms with Gasteiger partial charge in [-0.25, -0.2) is 0 Å². The molecule has 2 amide bonds. The number of amides is 2. The number of aromatic nitrogens is 3. The van der Waals surface area contributed by atoms with Crippen molar-refractivity contribution in [2.75, 3.05) is 23.0 Å². The highest BCUT2D eigenvalue weighted by Gasteiger charge is 2.52. The Bertz CT molecular complexity index is 2050. The molecule has 10 nitrogen and oxygen atoms in total. The molecule has 50 heavy (non-hydrogen) atoms. The van der Waals surface area contributed by atoms with Crippen LogP contribution in [0, 0.1) is 5.92 Å². The van der Waals surface area contributed by atoms with E-state index in [1.165, 1.54) is 0 Å². The van der Waals surface area contributed by atoms with Gasteiger partial charge in [-0.1, -0.05) is 94.8 Å². The lowest BCUT2D eigenvalue weighted by Crippen LogP contribution is -2.44. The van der Waals surface area contributed by atoms with Gasteiger partial charge in [0.15, 0.2) is 12.2 Å². The van der Waals surface area contributed by atoms with Crippen LogP contribution in [0.2, 0.25) is 0 Å². The van der Waals surface area contributed by atoms with E-state index in [4.69, 9.17) is 4.74 Å². The first kappa shape index (κ1) is 33.4. The number of ether oxygens (including phenoxy) is 1. The molecule has 0 spiro atoms. The molecular weight excluding hydrogens is 698 g/mol. The van der Waals surface area contributed by atoms with Crippen LogP contribution in [-0.4, -0.2) is 50.2 Å². The molecule has 7 rings (SSSR count). The average molecular weight is 735 g/mol. The summed E-state index contributed by atoms with van der Waals surface area (Å²) in [5.41, 5.74) is 3.31. The van der Waals surface area contributed by atoms with Gasteiger partial charge < -0.3 is 19.8 Å². The molecule has 3 atom stereocenters. The van der Waals surface area contributed by atoms with Crippen LogP contribution in [0.25, 0.3) is 0 Å². The van der Waals surface area contributed by atoms with Crippen molar-refractivity contribution in [3.63, 3.8) is 0 Å². The lowest BCUT2D eigenvalue weighted by atomic mass is 9.83. The molecule has 1 aromatic heterocycles. The number of carbonyl (C=O) groups is 2. The Morgan fingerprint density at radius 3 is 2.52 bits per heavy atom. The molecule has 2 aliphatic heterocycles. The van der Waals surface area contributed by atoms with Gasteiger partial charge in [0.1, 0.15) is 5.75 Å². The molecule has 3 heterocycles. The van der Waals surface area contributed by atoms with Gasteiger partial charge in [0.25, 0.3) is 11.8 Å². The third-order valence-corrected chi connectivity index (χ3v) is 9.87. The number of fused-ring (bicyclic) bond motifs is 2. The lowest BCUT2D eigenvalue weighted by molar-refractivity contribution is -0.139. The Kier molecular flexibility index (Phi) is 9.37. The number of hydrogen-bond donors (Lipinski definition) is 2. The van der Waals surface area contributed by atoms with Gasteiger partial charge in [0.05, 0.1) is 36.1 Å². The molecule has 2 aliphatic rings. The number of benzene rings is 4. The monoisotopic (exact) mass is 733 g/mol. The molecule has 0 radical (unpaired) electrons. The van der Waals surface area contributed by atoms with Crippen molar-refractivity contribution in [1.29, 1.82) is 0 Å². The van der Waals surface area contributed by atoms with Crippen molar-refractivity contribution in [3.05, 3.63) is 142 Å². The van der Waals surface area contributed by atoms with E-state index in [0.29, 0.717) is 47.0 Å². The first-order valence-electron chi connectivity index (χ1n) is 16.5. The van der Waals surface area contributed by atoms with Gasteiger partial charge >= 0.3 is 0 Å². The van der Waals surface area contributed by atoms with E-state index in [9.17, 15) is 19.8 Å². The molecule has 0 saturated heterocycles. The Hall–Kier alpha value is -5.10. The molecule has 0 saturated carbocycles. The zero-order valence-corrected chi connectivity index (χ0v) is 29.0. The van der Waals surface area contributed by atoms with E-state index in [2.05, 4.69) is 26.2 Å². The van der Waals surface area contributed by atoms with Gasteiger partial charge in [-0.05, 0) is 60.0 Å². The fraction of sp³-hybridized carbons (Fsp3) is 0.231. The third-order valence-electron chi connectivity index (χ3n) is 9.38. The highest BCUT2D eigenvalue weighted by Crippen LogP contribution is 2.47. The zero-order chi connectivity index (χ0) is 34.8. The minimum atomic E-state index is -1.77. The summed E-state index contributed by atoms with van der Waals surface area (Å²) in [7, 11) is 0. The molecule has 4 aromatic carbocycles. The number of allylic oxidation sites excluding steroid dienone is 1. The number of carbonyl (C=O) groups excluding carboxylic acids is 2. The van der Waals surface area contributed by atoms with Gasteiger partial charge in [-0.3, -0.25) is 19.2 Å². The molecule has 5 aromatic rings. The molecule has 2 N–H and O–H groups in total. The number of hydrogen-bond acceptors (Lipinski definition) is 7. The van der Waals surface area contributed by atoms with Gasteiger partial charge in [0, 0.05) is 34.4 Å². The maximum absolute atomic E-state index is 14.1. The van der Waals surface area contributed by atoms with Crippen LogP contribution < -0.4 is 14.5 Å². The number of rotatable bonds is 11. The minimum Gasteiger partial charge on any atom is -0.482 e. The zero-order valence-electron chi connectivity index (χ0n) is 27.4. The summed E-state index contributed by atoms with van der Waals surface area (Å²) in [6, 6.07) is 30.2. The predicted molar refractivity (Wildman–Crippen MR) is 193 cm³/mol. The molecule has 1 unspecified atom stereocenters. The van der Waals surface area contributed by atoms with Gasteiger partial charge in [-0.15, -0.1) is 5.10 Å². The van der Waals surface area contributed by atoms with E-state index in [0.717, 1.165) is 15.6 Å². The van der Waals surface area contributed by atoms with Crippen LogP contribution in [0.3, 0.4) is 0 Å². The van der Waals surface area contributed by atoms with Crippen molar-refractivity contribution in [1.82, 2.24) is 15.0 Å². The molecule has 0 bridgehead atoms. The van der Waals surface area contributed by atoms with Gasteiger partial charge in [0.2, 0.25) is 0 Å². The van der Waals surface area contributed by atoms with Crippen molar-refractivity contribution >= 4 is 44.8 Å². The van der Waals surface area contributed by atoms with E-state index < -0.39 is 17.4 Å². The fourth-order valence-corrected chi connectivity index (χ4v) is 7.04. The van der Waals surface area contributed by atoms with Crippen LogP contribution in [0.5, 0.6) is 5.75 Å². The SMILES string of the molecule is C[C@H](/C=C/CCn1cc(C(CO)c2ccccc2)nn1)[C@@]1(O)C(=O)N(Cc2ccc(N3C(=O)COc4ccccc43)cc2)c2ccc(Br)cc21. The molecule has 0 fully saturated rings. The highest BCUT2D eigenvalue weighted by atomic mass is 79.9. The number of anilines is 3. The average Bonchev–Trinajstić information content (AvgIpc) is 3.68. The van der Waals surface area contributed by atoms with Crippen LogP contribution >= 0.6 is 15.9 Å². The maximum atomic E-state index is 14.1. The summed E-state index contributed by atoms with van der Waals surface area (Å²) in [5, 5.41) is 30.7. The Morgan fingerprint density at radius 1 is 0.980 bits per heavy atom. The van der Waals surface area contributed by atoms with Crippen LogP contribution in [0.4, 0.5) is 17.1 Å². The molecular formula is C39H36BrN5O5. The van der Waals surface area contributed by atoms with Crippen molar-refractivity contribution < 1.29 is 24.5 Å². The van der Waals surface area contributed by atoms with Crippen molar-refractivity contribution in [2.24, 2.45) is 5.92 Å². The van der Waals surface area contributed by atoms with Gasteiger partial charge in [-0.2, -0.15) is 0 Å². The minimum absolute atomic E-state index is 0.0419.